The van der Waals surface area contributed by atoms with Crippen molar-refractivity contribution in [1.29, 1.82) is 0 Å². The van der Waals surface area contributed by atoms with Crippen LogP contribution in [0.15, 0.2) is 0 Å². The van der Waals surface area contributed by atoms with Crippen molar-refractivity contribution in [2.75, 3.05) is 33.7 Å². The van der Waals surface area contributed by atoms with E-state index in [0.29, 0.717) is 6.04 Å². The van der Waals surface area contributed by atoms with Crippen LogP contribution in [0, 0.1) is 0 Å². The summed E-state index contributed by atoms with van der Waals surface area (Å²) in [6.07, 6.45) is -0.232. The molecule has 0 amide bonds. The summed E-state index contributed by atoms with van der Waals surface area (Å²) in [5, 5.41) is 9.28. The quantitative estimate of drug-likeness (QED) is 0.662. The van der Waals surface area contributed by atoms with E-state index in [2.05, 4.69) is 37.7 Å². The molecule has 0 fully saturated rings. The normalized spacial score (nSPS) is 16.6. The highest BCUT2D eigenvalue weighted by Gasteiger charge is 2.14. The Balaban J connectivity index is 3.91. The molecule has 2 atom stereocenters. The van der Waals surface area contributed by atoms with Gasteiger partial charge in [-0.15, -0.1) is 0 Å². The van der Waals surface area contributed by atoms with Gasteiger partial charge < -0.3 is 10.0 Å². The van der Waals surface area contributed by atoms with Gasteiger partial charge in [-0.2, -0.15) is 0 Å². The SMILES string of the molecule is CCN(CC(C)O)C(C)CN(C)C. The molecule has 0 saturated heterocycles. The maximum atomic E-state index is 9.28. The number of aliphatic hydroxyl groups excluding tert-OH is 1. The molecule has 1 N–H and O–H groups in total. The summed E-state index contributed by atoms with van der Waals surface area (Å²) in [5.74, 6) is 0. The molecule has 0 radical (unpaired) electrons. The second-order valence-electron chi connectivity index (χ2n) is 4.05. The van der Waals surface area contributed by atoms with Crippen LogP contribution in [0.1, 0.15) is 20.8 Å². The predicted octanol–water partition coefficient (Wildman–Crippen LogP) is 0.639. The first-order chi connectivity index (χ1) is 5.97. The van der Waals surface area contributed by atoms with Gasteiger partial charge in [0.05, 0.1) is 6.10 Å². The fourth-order valence-corrected chi connectivity index (χ4v) is 1.60. The molecule has 2 unspecified atom stereocenters. The molecule has 0 bridgehead atoms. The molecule has 0 heterocycles. The van der Waals surface area contributed by atoms with Crippen molar-refractivity contribution in [1.82, 2.24) is 9.80 Å². The molecular formula is C10H24N2O. The zero-order valence-electron chi connectivity index (χ0n) is 9.62. The fourth-order valence-electron chi connectivity index (χ4n) is 1.60. The second kappa shape index (κ2) is 6.35. The Morgan fingerprint density at radius 3 is 2.00 bits per heavy atom. The van der Waals surface area contributed by atoms with Gasteiger partial charge in [-0.3, -0.25) is 4.90 Å². The van der Waals surface area contributed by atoms with Gasteiger partial charge >= 0.3 is 0 Å². The van der Waals surface area contributed by atoms with Crippen molar-refractivity contribution in [3.8, 4) is 0 Å². The Labute approximate surface area is 82.3 Å². The van der Waals surface area contributed by atoms with Crippen LogP contribution >= 0.6 is 0 Å². The van der Waals surface area contributed by atoms with E-state index < -0.39 is 0 Å². The molecule has 0 aromatic carbocycles. The topological polar surface area (TPSA) is 26.7 Å². The molecule has 0 aliphatic rings. The van der Waals surface area contributed by atoms with Crippen LogP contribution in [0.5, 0.6) is 0 Å². The van der Waals surface area contributed by atoms with Gasteiger partial charge in [0.1, 0.15) is 0 Å². The van der Waals surface area contributed by atoms with Crippen LogP contribution in [0.25, 0.3) is 0 Å². The van der Waals surface area contributed by atoms with Gasteiger partial charge in [0.15, 0.2) is 0 Å². The minimum Gasteiger partial charge on any atom is -0.392 e. The predicted molar refractivity (Wildman–Crippen MR) is 56.9 cm³/mol. The lowest BCUT2D eigenvalue weighted by Crippen LogP contribution is -2.43. The third-order valence-electron chi connectivity index (χ3n) is 2.16. The molecule has 0 saturated carbocycles. The number of likely N-dealkylation sites (N-methyl/N-ethyl adjacent to an activating group) is 2. The van der Waals surface area contributed by atoms with Gasteiger partial charge in [0.2, 0.25) is 0 Å². The summed E-state index contributed by atoms with van der Waals surface area (Å²) in [6, 6.07) is 0.509. The van der Waals surface area contributed by atoms with E-state index in [0.717, 1.165) is 19.6 Å². The van der Waals surface area contributed by atoms with Crippen molar-refractivity contribution in [2.24, 2.45) is 0 Å². The van der Waals surface area contributed by atoms with Crippen molar-refractivity contribution in [2.45, 2.75) is 32.9 Å². The third kappa shape index (κ3) is 6.02. The molecule has 80 valence electrons. The number of hydrogen-bond acceptors (Lipinski definition) is 3. The van der Waals surface area contributed by atoms with Crippen LogP contribution in [0.4, 0.5) is 0 Å². The standard InChI is InChI=1S/C10H24N2O/c1-6-12(8-10(3)13)9(2)7-11(4)5/h9-10,13H,6-8H2,1-5H3. The summed E-state index contributed by atoms with van der Waals surface area (Å²) in [4.78, 5) is 4.47. The van der Waals surface area contributed by atoms with E-state index in [1.807, 2.05) is 6.92 Å². The highest BCUT2D eigenvalue weighted by atomic mass is 16.3. The molecule has 0 rings (SSSR count). The zero-order chi connectivity index (χ0) is 10.4. The van der Waals surface area contributed by atoms with Crippen LogP contribution in [0.2, 0.25) is 0 Å². The van der Waals surface area contributed by atoms with E-state index in [9.17, 15) is 5.11 Å². The van der Waals surface area contributed by atoms with Gasteiger partial charge in [-0.1, -0.05) is 6.92 Å². The van der Waals surface area contributed by atoms with E-state index in [1.165, 1.54) is 0 Å². The lowest BCUT2D eigenvalue weighted by atomic mass is 10.2. The van der Waals surface area contributed by atoms with Crippen LogP contribution < -0.4 is 0 Å². The van der Waals surface area contributed by atoms with E-state index in [1.54, 1.807) is 0 Å². The Hall–Kier alpha value is -0.120. The number of aliphatic hydroxyl groups is 1. The number of nitrogens with zero attached hydrogens (tertiary/aromatic N) is 2. The maximum absolute atomic E-state index is 9.28. The highest BCUT2D eigenvalue weighted by Crippen LogP contribution is 2.01. The smallest absolute Gasteiger partial charge is 0.0639 e. The number of rotatable bonds is 6. The maximum Gasteiger partial charge on any atom is 0.0639 e. The van der Waals surface area contributed by atoms with Crippen molar-refractivity contribution in [3.63, 3.8) is 0 Å². The fraction of sp³-hybridized carbons (Fsp3) is 1.00. The van der Waals surface area contributed by atoms with Gasteiger partial charge in [0, 0.05) is 19.1 Å². The van der Waals surface area contributed by atoms with Gasteiger partial charge in [-0.25, -0.2) is 0 Å². The molecule has 0 aliphatic carbocycles. The summed E-state index contributed by atoms with van der Waals surface area (Å²) in [5.41, 5.74) is 0. The molecule has 3 nitrogen and oxygen atoms in total. The Bertz CT molecular complexity index is 126. The molecule has 0 aromatic rings. The summed E-state index contributed by atoms with van der Waals surface area (Å²) >= 11 is 0. The largest absolute Gasteiger partial charge is 0.392 e. The van der Waals surface area contributed by atoms with Crippen LogP contribution in [-0.4, -0.2) is 60.8 Å². The monoisotopic (exact) mass is 188 g/mol. The van der Waals surface area contributed by atoms with Gasteiger partial charge in [-0.05, 0) is 34.5 Å². The van der Waals surface area contributed by atoms with Crippen LogP contribution in [0.3, 0.4) is 0 Å². The Kier molecular flexibility index (Phi) is 6.29. The average molecular weight is 188 g/mol. The van der Waals surface area contributed by atoms with E-state index in [4.69, 9.17) is 0 Å². The first kappa shape index (κ1) is 12.9. The zero-order valence-corrected chi connectivity index (χ0v) is 9.62. The minimum absolute atomic E-state index is 0.232. The van der Waals surface area contributed by atoms with Crippen molar-refractivity contribution < 1.29 is 5.11 Å². The van der Waals surface area contributed by atoms with E-state index >= 15 is 0 Å². The molecule has 3 heteroatoms. The molecular weight excluding hydrogens is 164 g/mol. The Morgan fingerprint density at radius 1 is 1.15 bits per heavy atom. The average Bonchev–Trinajstić information content (AvgIpc) is 1.98. The molecule has 0 spiro atoms. The lowest BCUT2D eigenvalue weighted by Gasteiger charge is -2.30. The minimum atomic E-state index is -0.232. The van der Waals surface area contributed by atoms with Gasteiger partial charge in [0.25, 0.3) is 0 Å². The summed E-state index contributed by atoms with van der Waals surface area (Å²) < 4.78 is 0. The highest BCUT2D eigenvalue weighted by molar-refractivity contribution is 4.70. The Morgan fingerprint density at radius 2 is 1.69 bits per heavy atom. The summed E-state index contributed by atoms with van der Waals surface area (Å²) in [6.45, 7) is 8.98. The second-order valence-corrected chi connectivity index (χ2v) is 4.05. The van der Waals surface area contributed by atoms with Crippen LogP contribution in [-0.2, 0) is 0 Å². The number of hydrogen-bond donors (Lipinski definition) is 1. The third-order valence-corrected chi connectivity index (χ3v) is 2.16. The van der Waals surface area contributed by atoms with Crippen molar-refractivity contribution in [3.05, 3.63) is 0 Å². The van der Waals surface area contributed by atoms with Crippen molar-refractivity contribution >= 4 is 0 Å². The molecule has 0 aromatic heterocycles. The molecule has 13 heavy (non-hydrogen) atoms. The first-order valence-electron chi connectivity index (χ1n) is 5.04. The molecule has 0 aliphatic heterocycles. The van der Waals surface area contributed by atoms with E-state index in [-0.39, 0.29) is 6.10 Å². The lowest BCUT2D eigenvalue weighted by molar-refractivity contribution is 0.0966. The first-order valence-corrected chi connectivity index (χ1v) is 5.04. The summed E-state index contributed by atoms with van der Waals surface area (Å²) in [7, 11) is 4.15.